The molecule has 1 aromatic heterocycles. The monoisotopic (exact) mass is 272 g/mol. The maximum Gasteiger partial charge on any atom is 0.289 e. The lowest BCUT2D eigenvalue weighted by Gasteiger charge is -2.33. The van der Waals surface area contributed by atoms with Crippen LogP contribution >= 0.6 is 0 Å². The molecule has 1 unspecified atom stereocenters. The van der Waals surface area contributed by atoms with Crippen molar-refractivity contribution in [2.45, 2.75) is 6.92 Å². The number of rotatable bonds is 3. The molecule has 2 heterocycles. The quantitative estimate of drug-likeness (QED) is 0.812. The van der Waals surface area contributed by atoms with Gasteiger partial charge in [-0.15, -0.1) is 0 Å². The lowest BCUT2D eigenvalue weighted by Crippen LogP contribution is -2.49. The zero-order valence-corrected chi connectivity index (χ0v) is 11.0. The van der Waals surface area contributed by atoms with Crippen LogP contribution in [0, 0.1) is 6.92 Å². The van der Waals surface area contributed by atoms with Crippen molar-refractivity contribution >= 4 is 17.0 Å². The summed E-state index contributed by atoms with van der Waals surface area (Å²) < 4.78 is 24.8. The Kier molecular flexibility index (Phi) is 4.15. The molecule has 6 nitrogen and oxygen atoms in total. The Morgan fingerprint density at radius 3 is 2.56 bits per heavy atom. The largest absolute Gasteiger partial charge is 0.456 e. The molecule has 0 radical (unpaired) electrons. The van der Waals surface area contributed by atoms with Crippen molar-refractivity contribution in [3.63, 3.8) is 0 Å². The van der Waals surface area contributed by atoms with E-state index in [4.69, 9.17) is 8.97 Å². The van der Waals surface area contributed by atoms with E-state index in [-0.39, 0.29) is 11.8 Å². The maximum absolute atomic E-state index is 12.0. The van der Waals surface area contributed by atoms with Crippen LogP contribution < -0.4 is 0 Å². The standard InChI is InChI=1S/C11H16N2O4S/c1-9-2-3-10(17-9)11(14)13-6-4-12(5-7-13)8-18(15)16/h2-3H,4-8H2,1H3,(H,15,16). The number of amides is 1. The first kappa shape index (κ1) is 13.3. The van der Waals surface area contributed by atoms with Gasteiger partial charge in [-0.3, -0.25) is 9.69 Å². The molecule has 1 aliphatic heterocycles. The minimum absolute atomic E-state index is 0.118. The van der Waals surface area contributed by atoms with Gasteiger partial charge in [0.2, 0.25) is 0 Å². The number of nitrogens with zero attached hydrogens (tertiary/aromatic N) is 2. The third-order valence-electron chi connectivity index (χ3n) is 2.90. The Labute approximate surface area is 108 Å². The Balaban J connectivity index is 1.90. The van der Waals surface area contributed by atoms with Gasteiger partial charge in [-0.05, 0) is 19.1 Å². The lowest BCUT2D eigenvalue weighted by molar-refractivity contribution is 0.0624. The van der Waals surface area contributed by atoms with Crippen molar-refractivity contribution in [3.05, 3.63) is 23.7 Å². The smallest absolute Gasteiger partial charge is 0.289 e. The summed E-state index contributed by atoms with van der Waals surface area (Å²) >= 11 is -1.81. The zero-order chi connectivity index (χ0) is 13.1. The van der Waals surface area contributed by atoms with Crippen LogP contribution in [0.5, 0.6) is 0 Å². The van der Waals surface area contributed by atoms with Gasteiger partial charge in [0.15, 0.2) is 16.8 Å². The number of furan rings is 1. The van der Waals surface area contributed by atoms with Crippen molar-refractivity contribution in [2.24, 2.45) is 0 Å². The first-order valence-electron chi connectivity index (χ1n) is 5.72. The van der Waals surface area contributed by atoms with Crippen LogP contribution in [0.3, 0.4) is 0 Å². The predicted octanol–water partition coefficient (Wildman–Crippen LogP) is 0.525. The predicted molar refractivity (Wildman–Crippen MR) is 66.6 cm³/mol. The average molecular weight is 272 g/mol. The molecule has 1 atom stereocenters. The highest BCUT2D eigenvalue weighted by Crippen LogP contribution is 2.12. The molecule has 1 fully saturated rings. The van der Waals surface area contributed by atoms with E-state index in [9.17, 15) is 9.00 Å². The van der Waals surface area contributed by atoms with E-state index < -0.39 is 11.1 Å². The molecule has 0 bridgehead atoms. The molecule has 1 saturated heterocycles. The van der Waals surface area contributed by atoms with Gasteiger partial charge in [0.25, 0.3) is 5.91 Å². The molecule has 18 heavy (non-hydrogen) atoms. The van der Waals surface area contributed by atoms with Crippen LogP contribution in [0.1, 0.15) is 16.3 Å². The summed E-state index contributed by atoms with van der Waals surface area (Å²) in [7, 11) is 0. The van der Waals surface area contributed by atoms with Crippen molar-refractivity contribution in [1.82, 2.24) is 9.80 Å². The molecule has 7 heteroatoms. The molecule has 0 spiro atoms. The Morgan fingerprint density at radius 2 is 2.06 bits per heavy atom. The lowest BCUT2D eigenvalue weighted by atomic mass is 10.3. The number of aryl methyl sites for hydroxylation is 1. The molecule has 1 aromatic rings. The SMILES string of the molecule is Cc1ccc(C(=O)N2CCN(CS(=O)O)CC2)o1. The first-order chi connectivity index (χ1) is 8.56. The Bertz CT molecular complexity index is 452. The minimum atomic E-state index is -1.81. The molecule has 1 amide bonds. The molecule has 2 rings (SSSR count). The number of piperazine rings is 1. The van der Waals surface area contributed by atoms with E-state index in [1.165, 1.54) is 0 Å². The molecule has 100 valence electrons. The van der Waals surface area contributed by atoms with E-state index in [2.05, 4.69) is 0 Å². The van der Waals surface area contributed by atoms with E-state index in [1.54, 1.807) is 24.0 Å². The summed E-state index contributed by atoms with van der Waals surface area (Å²) in [5.74, 6) is 1.09. The van der Waals surface area contributed by atoms with Crippen LogP contribution in [0.25, 0.3) is 0 Å². The Morgan fingerprint density at radius 1 is 1.39 bits per heavy atom. The third-order valence-corrected chi connectivity index (χ3v) is 3.49. The molecule has 0 aromatic carbocycles. The highest BCUT2D eigenvalue weighted by molar-refractivity contribution is 7.79. The number of carbonyl (C=O) groups is 1. The van der Waals surface area contributed by atoms with Gasteiger partial charge in [0.05, 0.1) is 0 Å². The van der Waals surface area contributed by atoms with Crippen LogP contribution in [0.4, 0.5) is 0 Å². The number of carbonyl (C=O) groups excluding carboxylic acids is 1. The van der Waals surface area contributed by atoms with Crippen LogP contribution in [0.15, 0.2) is 16.5 Å². The Hall–Kier alpha value is -1.18. The first-order valence-corrected chi connectivity index (χ1v) is 6.99. The molecule has 1 N–H and O–H groups in total. The zero-order valence-electron chi connectivity index (χ0n) is 10.2. The summed E-state index contributed by atoms with van der Waals surface area (Å²) in [5.41, 5.74) is 0. The van der Waals surface area contributed by atoms with Crippen molar-refractivity contribution in [3.8, 4) is 0 Å². The summed E-state index contributed by atoms with van der Waals surface area (Å²) in [6.45, 7) is 4.12. The summed E-state index contributed by atoms with van der Waals surface area (Å²) in [5, 5.41) is 0. The van der Waals surface area contributed by atoms with Crippen molar-refractivity contribution in [1.29, 1.82) is 0 Å². The topological polar surface area (TPSA) is 74.0 Å². The van der Waals surface area contributed by atoms with Gasteiger partial charge in [0, 0.05) is 26.2 Å². The normalized spacial score (nSPS) is 18.9. The second kappa shape index (κ2) is 5.64. The number of hydrogen-bond acceptors (Lipinski definition) is 4. The average Bonchev–Trinajstić information content (AvgIpc) is 2.75. The fourth-order valence-electron chi connectivity index (χ4n) is 1.94. The third kappa shape index (κ3) is 3.18. The molecule has 1 aliphatic rings. The van der Waals surface area contributed by atoms with Crippen LogP contribution in [-0.2, 0) is 11.1 Å². The van der Waals surface area contributed by atoms with Gasteiger partial charge in [0.1, 0.15) is 11.6 Å². The maximum atomic E-state index is 12.0. The van der Waals surface area contributed by atoms with Gasteiger partial charge in [-0.25, -0.2) is 4.21 Å². The van der Waals surface area contributed by atoms with Crippen molar-refractivity contribution in [2.75, 3.05) is 32.1 Å². The summed E-state index contributed by atoms with van der Waals surface area (Å²) in [6.07, 6.45) is 0. The van der Waals surface area contributed by atoms with E-state index in [0.29, 0.717) is 37.7 Å². The fraction of sp³-hybridized carbons (Fsp3) is 0.545. The van der Waals surface area contributed by atoms with E-state index in [0.717, 1.165) is 0 Å². The summed E-state index contributed by atoms with van der Waals surface area (Å²) in [6, 6.07) is 3.44. The second-order valence-corrected chi connectivity index (χ2v) is 5.17. The fourth-order valence-corrected chi connectivity index (χ4v) is 2.51. The summed E-state index contributed by atoms with van der Waals surface area (Å²) in [4.78, 5) is 15.6. The van der Waals surface area contributed by atoms with Gasteiger partial charge in [-0.2, -0.15) is 0 Å². The minimum Gasteiger partial charge on any atom is -0.456 e. The number of hydrogen-bond donors (Lipinski definition) is 1. The van der Waals surface area contributed by atoms with Gasteiger partial charge >= 0.3 is 0 Å². The van der Waals surface area contributed by atoms with E-state index in [1.807, 2.05) is 4.90 Å². The second-order valence-electron chi connectivity index (χ2n) is 4.27. The highest BCUT2D eigenvalue weighted by atomic mass is 32.2. The van der Waals surface area contributed by atoms with Gasteiger partial charge < -0.3 is 13.9 Å². The van der Waals surface area contributed by atoms with Crippen LogP contribution in [-0.4, -0.2) is 56.5 Å². The highest BCUT2D eigenvalue weighted by Gasteiger charge is 2.24. The molecule has 0 saturated carbocycles. The van der Waals surface area contributed by atoms with Crippen LogP contribution in [0.2, 0.25) is 0 Å². The van der Waals surface area contributed by atoms with Gasteiger partial charge in [-0.1, -0.05) is 0 Å². The van der Waals surface area contributed by atoms with E-state index >= 15 is 0 Å². The molecular weight excluding hydrogens is 256 g/mol. The van der Waals surface area contributed by atoms with Crippen molar-refractivity contribution < 1.29 is 18.0 Å². The molecular formula is C11H16N2O4S. The molecule has 0 aliphatic carbocycles.